The Hall–Kier alpha value is -1.22. The fraction of sp³-hybridized carbons (Fsp3) is 0.462. The van der Waals surface area contributed by atoms with Gasteiger partial charge in [-0.25, -0.2) is 0 Å². The molecule has 0 aromatic heterocycles. The van der Waals surface area contributed by atoms with Gasteiger partial charge in [0, 0.05) is 39.8 Å². The monoisotopic (exact) mass is 253 g/mol. The van der Waals surface area contributed by atoms with E-state index in [1.807, 2.05) is 56.2 Å². The molecule has 0 fully saturated rings. The molecule has 0 atom stereocenters. The van der Waals surface area contributed by atoms with Crippen molar-refractivity contribution in [2.24, 2.45) is 4.99 Å². The molecular weight excluding hydrogens is 234 g/mol. The van der Waals surface area contributed by atoms with Gasteiger partial charge in [-0.1, -0.05) is 23.7 Å². The number of halogens is 1. The van der Waals surface area contributed by atoms with Crippen LogP contribution in [-0.2, 0) is 6.42 Å². The Bertz CT molecular complexity index is 376. The topological polar surface area (TPSA) is 18.8 Å². The highest BCUT2D eigenvalue weighted by Crippen LogP contribution is 2.11. The quantitative estimate of drug-likeness (QED) is 0.608. The Morgan fingerprint density at radius 1 is 1.18 bits per heavy atom. The highest BCUT2D eigenvalue weighted by molar-refractivity contribution is 6.30. The van der Waals surface area contributed by atoms with Crippen LogP contribution in [0.4, 0.5) is 0 Å². The van der Waals surface area contributed by atoms with Crippen LogP contribution in [0.15, 0.2) is 29.3 Å². The van der Waals surface area contributed by atoms with E-state index < -0.39 is 0 Å². The third-order valence-corrected chi connectivity index (χ3v) is 2.58. The number of benzene rings is 1. The number of guanidine groups is 1. The molecule has 1 aromatic carbocycles. The predicted octanol–water partition coefficient (Wildman–Crippen LogP) is 2.36. The summed E-state index contributed by atoms with van der Waals surface area (Å²) in [5, 5.41) is 0.784. The summed E-state index contributed by atoms with van der Waals surface area (Å²) in [4.78, 5) is 8.60. The van der Waals surface area contributed by atoms with E-state index in [-0.39, 0.29) is 0 Å². The summed E-state index contributed by atoms with van der Waals surface area (Å²) in [5.41, 5.74) is 1.22. The van der Waals surface area contributed by atoms with Crippen molar-refractivity contribution < 1.29 is 0 Å². The molecule has 0 radical (unpaired) electrons. The van der Waals surface area contributed by atoms with Gasteiger partial charge in [-0.15, -0.1) is 0 Å². The minimum absolute atomic E-state index is 0.770. The van der Waals surface area contributed by atoms with E-state index in [4.69, 9.17) is 11.6 Å². The fourth-order valence-electron chi connectivity index (χ4n) is 1.66. The van der Waals surface area contributed by atoms with Crippen molar-refractivity contribution in [2.45, 2.75) is 6.42 Å². The molecule has 1 rings (SSSR count). The maximum Gasteiger partial charge on any atom is 0.195 e. The van der Waals surface area contributed by atoms with Crippen LogP contribution in [0.1, 0.15) is 5.56 Å². The average molecular weight is 254 g/mol. The molecule has 0 amide bonds. The van der Waals surface area contributed by atoms with Crippen LogP contribution in [0.5, 0.6) is 0 Å². The molecule has 0 saturated carbocycles. The molecule has 0 unspecified atom stereocenters. The maximum atomic E-state index is 5.93. The fourth-order valence-corrected chi connectivity index (χ4v) is 1.87. The second-order valence-corrected chi connectivity index (χ2v) is 4.79. The van der Waals surface area contributed by atoms with Crippen molar-refractivity contribution in [1.29, 1.82) is 0 Å². The van der Waals surface area contributed by atoms with Crippen LogP contribution in [0.25, 0.3) is 0 Å². The third-order valence-electron chi connectivity index (χ3n) is 2.34. The minimum atomic E-state index is 0.770. The minimum Gasteiger partial charge on any atom is -0.349 e. The zero-order valence-corrected chi connectivity index (χ0v) is 11.7. The highest BCUT2D eigenvalue weighted by Gasteiger charge is 2.03. The van der Waals surface area contributed by atoms with Crippen LogP contribution in [0.3, 0.4) is 0 Å². The van der Waals surface area contributed by atoms with Crippen LogP contribution < -0.4 is 0 Å². The molecule has 94 valence electrons. The molecule has 3 nitrogen and oxygen atoms in total. The first-order valence-corrected chi connectivity index (χ1v) is 6.02. The van der Waals surface area contributed by atoms with Gasteiger partial charge < -0.3 is 9.80 Å². The van der Waals surface area contributed by atoms with Crippen LogP contribution in [0, 0.1) is 0 Å². The van der Waals surface area contributed by atoms with Crippen molar-refractivity contribution in [3.63, 3.8) is 0 Å². The second-order valence-electron chi connectivity index (χ2n) is 4.35. The lowest BCUT2D eigenvalue weighted by atomic mass is 10.1. The average Bonchev–Trinajstić information content (AvgIpc) is 2.23. The third kappa shape index (κ3) is 4.65. The van der Waals surface area contributed by atoms with Gasteiger partial charge in [0.15, 0.2) is 5.96 Å². The Morgan fingerprint density at radius 2 is 1.82 bits per heavy atom. The van der Waals surface area contributed by atoms with E-state index in [0.29, 0.717) is 0 Å². The molecule has 0 bridgehead atoms. The first kappa shape index (κ1) is 13.8. The van der Waals surface area contributed by atoms with E-state index in [9.17, 15) is 0 Å². The Kier molecular flexibility index (Phi) is 5.29. The zero-order valence-electron chi connectivity index (χ0n) is 10.9. The van der Waals surface area contributed by atoms with Crippen molar-refractivity contribution in [2.75, 3.05) is 34.7 Å². The molecular formula is C13H20ClN3. The summed E-state index contributed by atoms with van der Waals surface area (Å²) in [7, 11) is 7.99. The van der Waals surface area contributed by atoms with E-state index >= 15 is 0 Å². The molecule has 0 aliphatic rings. The molecule has 0 saturated heterocycles. The lowest BCUT2D eigenvalue weighted by Crippen LogP contribution is -2.35. The Labute approximate surface area is 109 Å². The van der Waals surface area contributed by atoms with Gasteiger partial charge in [0.05, 0.1) is 0 Å². The van der Waals surface area contributed by atoms with Crippen molar-refractivity contribution in [3.8, 4) is 0 Å². The second kappa shape index (κ2) is 6.50. The summed E-state index contributed by atoms with van der Waals surface area (Å²) in [6.45, 7) is 0.770. The molecule has 17 heavy (non-hydrogen) atoms. The smallest absolute Gasteiger partial charge is 0.195 e. The summed E-state index contributed by atoms with van der Waals surface area (Å²) in [5.74, 6) is 0.979. The van der Waals surface area contributed by atoms with E-state index in [0.717, 1.165) is 23.9 Å². The highest BCUT2D eigenvalue weighted by atomic mass is 35.5. The van der Waals surface area contributed by atoms with Gasteiger partial charge in [0.2, 0.25) is 0 Å². The molecule has 0 heterocycles. The normalized spacial score (nSPS) is 9.94. The van der Waals surface area contributed by atoms with Gasteiger partial charge in [0.1, 0.15) is 0 Å². The van der Waals surface area contributed by atoms with Gasteiger partial charge in [-0.05, 0) is 24.1 Å². The summed E-state index contributed by atoms with van der Waals surface area (Å²) in [6, 6.07) is 7.92. The van der Waals surface area contributed by atoms with Gasteiger partial charge in [0.25, 0.3) is 0 Å². The van der Waals surface area contributed by atoms with E-state index in [1.54, 1.807) is 0 Å². The zero-order chi connectivity index (χ0) is 12.8. The van der Waals surface area contributed by atoms with Crippen molar-refractivity contribution in [1.82, 2.24) is 9.80 Å². The number of rotatable bonds is 3. The standard InChI is InChI=1S/C13H20ClN3/c1-16(2)13(17(3)4)15-9-8-11-6-5-7-12(14)10-11/h5-7,10H,8-9H2,1-4H3. The van der Waals surface area contributed by atoms with E-state index in [1.165, 1.54) is 5.56 Å². The lowest BCUT2D eigenvalue weighted by molar-refractivity contribution is 0.479. The number of nitrogens with zero attached hydrogens (tertiary/aromatic N) is 3. The Morgan fingerprint density at radius 3 is 2.35 bits per heavy atom. The number of hydrogen-bond acceptors (Lipinski definition) is 1. The van der Waals surface area contributed by atoms with Crippen molar-refractivity contribution >= 4 is 17.6 Å². The lowest BCUT2D eigenvalue weighted by Gasteiger charge is -2.22. The predicted molar refractivity (Wildman–Crippen MR) is 74.8 cm³/mol. The summed E-state index contributed by atoms with van der Waals surface area (Å²) in [6.07, 6.45) is 0.908. The number of aliphatic imine (C=N–C) groups is 1. The first-order valence-electron chi connectivity index (χ1n) is 5.64. The summed E-state index contributed by atoms with van der Waals surface area (Å²) >= 11 is 5.93. The maximum absolute atomic E-state index is 5.93. The molecule has 0 spiro atoms. The molecule has 0 aliphatic heterocycles. The van der Waals surface area contributed by atoms with Gasteiger partial charge >= 0.3 is 0 Å². The van der Waals surface area contributed by atoms with Crippen LogP contribution in [0.2, 0.25) is 5.02 Å². The van der Waals surface area contributed by atoms with Gasteiger partial charge in [-0.2, -0.15) is 0 Å². The SMILES string of the molecule is CN(C)C(=NCCc1cccc(Cl)c1)N(C)C. The number of hydrogen-bond donors (Lipinski definition) is 0. The molecule has 0 aliphatic carbocycles. The van der Waals surface area contributed by atoms with Crippen LogP contribution >= 0.6 is 11.6 Å². The van der Waals surface area contributed by atoms with Crippen LogP contribution in [-0.4, -0.2) is 50.5 Å². The molecule has 0 N–H and O–H groups in total. The van der Waals surface area contributed by atoms with Gasteiger partial charge in [-0.3, -0.25) is 4.99 Å². The Balaban J connectivity index is 2.59. The summed E-state index contributed by atoms with van der Waals surface area (Å²) < 4.78 is 0. The molecule has 1 aromatic rings. The first-order chi connectivity index (χ1) is 8.00. The molecule has 4 heteroatoms. The van der Waals surface area contributed by atoms with Crippen molar-refractivity contribution in [3.05, 3.63) is 34.9 Å². The largest absolute Gasteiger partial charge is 0.349 e. The van der Waals surface area contributed by atoms with E-state index in [2.05, 4.69) is 11.1 Å².